The van der Waals surface area contributed by atoms with Gasteiger partial charge in [0.05, 0.1) is 23.8 Å². The van der Waals surface area contributed by atoms with Crippen molar-refractivity contribution in [1.82, 2.24) is 20.5 Å². The highest BCUT2D eigenvalue weighted by Crippen LogP contribution is 2.35. The molecule has 36 heavy (non-hydrogen) atoms. The summed E-state index contributed by atoms with van der Waals surface area (Å²) < 4.78 is 25.1. The molecule has 0 spiro atoms. The molecule has 1 fully saturated rings. The molecular weight excluding hydrogens is 466 g/mol. The number of likely N-dealkylation sites (tertiary alicyclic amines) is 1. The summed E-state index contributed by atoms with van der Waals surface area (Å²) in [7, 11) is 1.54. The van der Waals surface area contributed by atoms with E-state index in [1.165, 1.54) is 6.20 Å². The number of nitrogens with zero attached hydrogens (tertiary/aromatic N) is 2. The predicted molar refractivity (Wildman–Crippen MR) is 133 cm³/mol. The molecule has 192 valence electrons. The van der Waals surface area contributed by atoms with Crippen molar-refractivity contribution in [3.63, 3.8) is 0 Å². The summed E-state index contributed by atoms with van der Waals surface area (Å²) in [6, 6.07) is 5.46. The van der Waals surface area contributed by atoms with Crippen molar-refractivity contribution < 1.29 is 28.2 Å². The number of rotatable bonds is 9. The van der Waals surface area contributed by atoms with Gasteiger partial charge in [0.2, 0.25) is 11.7 Å². The normalized spacial score (nSPS) is 21.4. The number of hydrogen-bond acceptors (Lipinski definition) is 7. The molecule has 1 aromatic heterocycles. The summed E-state index contributed by atoms with van der Waals surface area (Å²) >= 11 is 0. The number of halogens is 1. The Kier molecular flexibility index (Phi) is 7.51. The Labute approximate surface area is 210 Å². The Morgan fingerprint density at radius 2 is 2.14 bits per heavy atom. The van der Waals surface area contributed by atoms with Gasteiger partial charge >= 0.3 is 0 Å². The Bertz CT molecular complexity index is 1140. The number of nitrogens with one attached hydrogen (secondary N) is 2. The molecule has 4 rings (SSSR count). The second-order valence-electron chi connectivity index (χ2n) is 10.2. The van der Waals surface area contributed by atoms with Crippen LogP contribution in [-0.2, 0) is 4.79 Å². The van der Waals surface area contributed by atoms with Crippen LogP contribution in [0.5, 0.6) is 5.75 Å². The summed E-state index contributed by atoms with van der Waals surface area (Å²) in [6.07, 6.45) is 0.202. The maximum atomic E-state index is 13.7. The van der Waals surface area contributed by atoms with Crippen molar-refractivity contribution in [1.29, 1.82) is 0 Å². The molecule has 2 aliphatic heterocycles. The molecular formula is C25H32BFN4O5. The lowest BCUT2D eigenvalue weighted by Crippen LogP contribution is -2.50. The van der Waals surface area contributed by atoms with Gasteiger partial charge in [0.15, 0.2) is 14.0 Å². The lowest BCUT2D eigenvalue weighted by Gasteiger charge is -2.39. The summed E-state index contributed by atoms with van der Waals surface area (Å²) in [5, 5.41) is 15.8. The van der Waals surface area contributed by atoms with Gasteiger partial charge in [0.1, 0.15) is 5.75 Å². The molecule has 9 nitrogen and oxygen atoms in total. The smallest absolute Gasteiger partial charge is 0.288 e. The highest BCUT2D eigenvalue weighted by molar-refractivity contribution is 6.14. The number of fused-ring (bicyclic) bond motifs is 1. The van der Waals surface area contributed by atoms with Crippen LogP contribution in [-0.4, -0.2) is 72.5 Å². The minimum absolute atomic E-state index is 0.0420. The number of aromatic nitrogens is 1. The molecule has 2 aliphatic rings. The first-order valence-corrected chi connectivity index (χ1v) is 12.1. The standard InChI is InChI=1S/C25H32BFN4O5/c1-14-4-5-19-17(8-14)18(32)9-20(35-19)23(34)30-15(2)6-7-28-22(33)21-10-29-24(36-21)16-11-31(12-16)13-25(3,26)27/h4-5,8,10,16,18,20,32H,2,6-7,9,11-13,26H2,1,3H3,(H,28,33)(H,30,34)/t18-,20-,25?/m1/s1. The molecule has 3 N–H and O–H groups in total. The summed E-state index contributed by atoms with van der Waals surface area (Å²) in [5.74, 6) is 0.283. The third-order valence-electron chi connectivity index (χ3n) is 6.19. The zero-order valence-electron chi connectivity index (χ0n) is 20.8. The van der Waals surface area contributed by atoms with Gasteiger partial charge in [-0.05, 0) is 26.0 Å². The number of benzene rings is 1. The first-order valence-electron chi connectivity index (χ1n) is 12.1. The molecule has 11 heteroatoms. The maximum Gasteiger partial charge on any atom is 0.288 e. The molecule has 3 heterocycles. The van der Waals surface area contributed by atoms with Crippen molar-refractivity contribution in [3.05, 3.63) is 59.4 Å². The third kappa shape index (κ3) is 6.33. The third-order valence-corrected chi connectivity index (χ3v) is 6.19. The van der Waals surface area contributed by atoms with E-state index in [9.17, 15) is 19.1 Å². The van der Waals surface area contributed by atoms with E-state index in [1.54, 1.807) is 20.8 Å². The van der Waals surface area contributed by atoms with Crippen LogP contribution in [0.25, 0.3) is 0 Å². The van der Waals surface area contributed by atoms with E-state index in [2.05, 4.69) is 22.2 Å². The molecule has 3 atom stereocenters. The van der Waals surface area contributed by atoms with Crippen molar-refractivity contribution >= 4 is 19.7 Å². The van der Waals surface area contributed by atoms with Crippen LogP contribution >= 0.6 is 0 Å². The van der Waals surface area contributed by atoms with Crippen molar-refractivity contribution in [2.75, 3.05) is 26.2 Å². The topological polar surface area (TPSA) is 117 Å². The Balaban J connectivity index is 1.18. The number of aryl methyl sites for hydroxylation is 1. The van der Waals surface area contributed by atoms with Gasteiger partial charge in [-0.25, -0.2) is 4.98 Å². The van der Waals surface area contributed by atoms with Crippen LogP contribution in [0.3, 0.4) is 0 Å². The molecule has 0 bridgehead atoms. The highest BCUT2D eigenvalue weighted by Gasteiger charge is 2.35. The number of carbonyl (C=O) groups excluding carboxylic acids is 2. The molecule has 1 aromatic carbocycles. The van der Waals surface area contributed by atoms with E-state index in [4.69, 9.17) is 9.15 Å². The number of aliphatic hydroxyl groups excluding tert-OH is 1. The van der Waals surface area contributed by atoms with E-state index in [0.29, 0.717) is 49.0 Å². The highest BCUT2D eigenvalue weighted by atomic mass is 19.1. The zero-order chi connectivity index (χ0) is 26.0. The number of alkyl halides is 1. The van der Waals surface area contributed by atoms with E-state index in [-0.39, 0.29) is 24.6 Å². The molecule has 0 saturated carbocycles. The largest absolute Gasteiger partial charge is 0.480 e. The first kappa shape index (κ1) is 25.9. The predicted octanol–water partition coefficient (Wildman–Crippen LogP) is 1.34. The molecule has 2 aromatic rings. The van der Waals surface area contributed by atoms with Crippen LogP contribution in [0.4, 0.5) is 4.39 Å². The average molecular weight is 498 g/mol. The second-order valence-corrected chi connectivity index (χ2v) is 10.2. The number of ether oxygens (including phenoxy) is 1. The van der Waals surface area contributed by atoms with Gasteiger partial charge in [0.25, 0.3) is 11.8 Å². The minimum Gasteiger partial charge on any atom is -0.480 e. The van der Waals surface area contributed by atoms with Crippen molar-refractivity contribution in [3.8, 4) is 5.75 Å². The summed E-state index contributed by atoms with van der Waals surface area (Å²) in [5.41, 5.74) is 0.834. The average Bonchev–Trinajstić information content (AvgIpc) is 3.25. The molecule has 1 saturated heterocycles. The summed E-state index contributed by atoms with van der Waals surface area (Å²) in [4.78, 5) is 31.2. The lowest BCUT2D eigenvalue weighted by molar-refractivity contribution is -0.129. The van der Waals surface area contributed by atoms with E-state index < -0.39 is 29.6 Å². The van der Waals surface area contributed by atoms with Crippen LogP contribution in [0.2, 0.25) is 0 Å². The van der Waals surface area contributed by atoms with Crippen LogP contribution in [0, 0.1) is 6.92 Å². The SMILES string of the molecule is BC(C)(F)CN1CC(c2ncc(C(=O)NCCC(=C)NC(=O)[C@H]3C[C@@H](O)c4cc(C)ccc4O3)o2)C1. The lowest BCUT2D eigenvalue weighted by atomic mass is 9.83. The maximum absolute atomic E-state index is 13.7. The number of oxazole rings is 1. The fourth-order valence-corrected chi connectivity index (χ4v) is 4.43. The summed E-state index contributed by atoms with van der Waals surface area (Å²) in [6.45, 7) is 9.17. The van der Waals surface area contributed by atoms with Gasteiger partial charge in [-0.1, -0.05) is 18.2 Å². The Hall–Kier alpha value is -3.18. The number of aliphatic hydroxyl groups is 1. The number of carbonyl (C=O) groups is 2. The van der Waals surface area contributed by atoms with Crippen LogP contribution < -0.4 is 15.4 Å². The monoisotopic (exact) mass is 498 g/mol. The zero-order valence-corrected chi connectivity index (χ0v) is 20.8. The van der Waals surface area contributed by atoms with Gasteiger partial charge < -0.3 is 24.9 Å². The second kappa shape index (κ2) is 10.4. The quantitative estimate of drug-likeness (QED) is 0.447. The Morgan fingerprint density at radius 3 is 2.86 bits per heavy atom. The van der Waals surface area contributed by atoms with Gasteiger partial charge in [-0.15, -0.1) is 0 Å². The molecule has 0 radical (unpaired) electrons. The van der Waals surface area contributed by atoms with E-state index in [1.807, 2.05) is 24.0 Å². The van der Waals surface area contributed by atoms with Crippen molar-refractivity contribution in [2.45, 2.75) is 50.4 Å². The fraction of sp³-hybridized carbons (Fsp3) is 0.480. The van der Waals surface area contributed by atoms with Gasteiger partial charge in [-0.3, -0.25) is 18.9 Å². The first-order chi connectivity index (χ1) is 17.0. The number of amides is 2. The Morgan fingerprint density at radius 1 is 1.39 bits per heavy atom. The molecule has 1 unspecified atom stereocenters. The van der Waals surface area contributed by atoms with E-state index in [0.717, 1.165) is 5.56 Å². The number of hydrogen-bond donors (Lipinski definition) is 3. The van der Waals surface area contributed by atoms with Crippen LogP contribution in [0.15, 0.2) is 41.1 Å². The van der Waals surface area contributed by atoms with Crippen molar-refractivity contribution in [2.24, 2.45) is 0 Å². The fourth-order valence-electron chi connectivity index (χ4n) is 4.43. The minimum atomic E-state index is -1.26. The van der Waals surface area contributed by atoms with E-state index >= 15 is 0 Å². The molecule has 2 amide bonds. The molecule has 0 aliphatic carbocycles. The van der Waals surface area contributed by atoms with Gasteiger partial charge in [-0.2, -0.15) is 0 Å². The van der Waals surface area contributed by atoms with Crippen LogP contribution in [0.1, 0.15) is 59.4 Å². The van der Waals surface area contributed by atoms with Gasteiger partial charge in [0, 0.05) is 50.3 Å².